The third-order valence-corrected chi connectivity index (χ3v) is 2.76. The van der Waals surface area contributed by atoms with Crippen LogP contribution in [0, 0.1) is 11.3 Å². The minimum absolute atomic E-state index is 0.118. The lowest BCUT2D eigenvalue weighted by atomic mass is 10.2. The molecule has 0 atom stereocenters. The first-order valence-electron chi connectivity index (χ1n) is 5.95. The van der Waals surface area contributed by atoms with E-state index in [0.717, 1.165) is 16.6 Å². The van der Waals surface area contributed by atoms with E-state index >= 15 is 0 Å². The van der Waals surface area contributed by atoms with Gasteiger partial charge in [-0.2, -0.15) is 10.5 Å². The highest BCUT2D eigenvalue weighted by Gasteiger charge is 2.05. The zero-order chi connectivity index (χ0) is 14.7. The summed E-state index contributed by atoms with van der Waals surface area (Å²) < 4.78 is 0. The first-order valence-corrected chi connectivity index (χ1v) is 5.95. The number of rotatable bonds is 3. The molecule has 0 aliphatic heterocycles. The van der Waals surface area contributed by atoms with Crippen molar-refractivity contribution in [1.82, 2.24) is 25.6 Å². The van der Waals surface area contributed by atoms with Gasteiger partial charge in [0, 0.05) is 17.3 Å². The molecule has 0 radical (unpaired) electrons. The zero-order valence-electron chi connectivity index (χ0n) is 10.6. The first kappa shape index (κ1) is 12.6. The lowest BCUT2D eigenvalue weighted by Gasteiger charge is -2.03. The maximum absolute atomic E-state index is 9.37. The van der Waals surface area contributed by atoms with Crippen LogP contribution in [-0.2, 0) is 0 Å². The summed E-state index contributed by atoms with van der Waals surface area (Å²) >= 11 is 0. The van der Waals surface area contributed by atoms with Crippen molar-refractivity contribution in [3.05, 3.63) is 42.5 Å². The molecular weight excluding hydrogens is 270 g/mol. The maximum Gasteiger partial charge on any atom is 0.216 e. The average Bonchev–Trinajstić information content (AvgIpc) is 3.02. The van der Waals surface area contributed by atoms with Gasteiger partial charge in [-0.25, -0.2) is 0 Å². The first-order chi connectivity index (χ1) is 10.3. The fraction of sp³-hybridized carbons (Fsp3) is 0. The third kappa shape index (κ3) is 2.62. The molecule has 3 aromatic rings. The largest absolute Gasteiger partial charge is 0.506 e. The molecule has 8 nitrogen and oxygen atoms in total. The summed E-state index contributed by atoms with van der Waals surface area (Å²) in [6.45, 7) is 0. The number of allylic oxidation sites excluding steroid dienone is 1. The highest BCUT2D eigenvalue weighted by molar-refractivity contribution is 5.84. The molecule has 3 N–H and O–H groups in total. The summed E-state index contributed by atoms with van der Waals surface area (Å²) in [7, 11) is 0. The molecule has 0 aliphatic rings. The summed E-state index contributed by atoms with van der Waals surface area (Å²) in [5.74, 6) is 0.334. The Hall–Kier alpha value is -3.47. The molecule has 102 valence electrons. The second kappa shape index (κ2) is 5.26. The van der Waals surface area contributed by atoms with Gasteiger partial charge in [-0.3, -0.25) is 4.98 Å². The molecule has 0 fully saturated rings. The number of aromatic hydroxyl groups is 1. The Balaban J connectivity index is 1.88. The Labute approximate surface area is 118 Å². The smallest absolute Gasteiger partial charge is 0.216 e. The van der Waals surface area contributed by atoms with Crippen LogP contribution in [0.2, 0.25) is 0 Å². The van der Waals surface area contributed by atoms with Crippen LogP contribution >= 0.6 is 0 Å². The van der Waals surface area contributed by atoms with Crippen LogP contribution in [0.1, 0.15) is 5.82 Å². The van der Waals surface area contributed by atoms with E-state index in [1.165, 1.54) is 12.4 Å². The molecule has 0 bridgehead atoms. The lowest BCUT2D eigenvalue weighted by molar-refractivity contribution is 0.474. The van der Waals surface area contributed by atoms with Gasteiger partial charge in [0.2, 0.25) is 5.82 Å². The van der Waals surface area contributed by atoms with Gasteiger partial charge in [-0.1, -0.05) is 6.07 Å². The number of H-pyrrole nitrogens is 1. The van der Waals surface area contributed by atoms with Crippen molar-refractivity contribution < 1.29 is 5.11 Å². The Morgan fingerprint density at radius 1 is 1.38 bits per heavy atom. The molecule has 21 heavy (non-hydrogen) atoms. The minimum atomic E-state index is 0.118. The average molecular weight is 279 g/mol. The van der Waals surface area contributed by atoms with E-state index in [-0.39, 0.29) is 17.1 Å². The van der Waals surface area contributed by atoms with Gasteiger partial charge >= 0.3 is 0 Å². The fourth-order valence-corrected chi connectivity index (χ4v) is 1.78. The molecule has 0 unspecified atom stereocenters. The zero-order valence-corrected chi connectivity index (χ0v) is 10.6. The predicted octanol–water partition coefficient (Wildman–Crippen LogP) is 1.43. The Morgan fingerprint density at radius 3 is 3.05 bits per heavy atom. The van der Waals surface area contributed by atoms with Crippen LogP contribution in [0.3, 0.4) is 0 Å². The normalized spacial score (nSPS) is 11.3. The molecule has 2 aromatic heterocycles. The molecule has 0 aliphatic carbocycles. The molecule has 0 amide bonds. The topological polar surface area (TPSA) is 123 Å². The number of nitrogens with zero attached hydrogens (tertiary/aromatic N) is 5. The van der Waals surface area contributed by atoms with Gasteiger partial charge in [0.1, 0.15) is 17.4 Å². The van der Waals surface area contributed by atoms with E-state index in [0.29, 0.717) is 0 Å². The number of benzene rings is 1. The van der Waals surface area contributed by atoms with Gasteiger partial charge in [-0.05, 0) is 23.4 Å². The van der Waals surface area contributed by atoms with Gasteiger partial charge in [-0.15, -0.1) is 10.2 Å². The lowest BCUT2D eigenvalue weighted by Crippen LogP contribution is -1.93. The Bertz CT molecular complexity index is 849. The number of nitrogens with one attached hydrogen (secondary N) is 2. The highest BCUT2D eigenvalue weighted by Crippen LogP contribution is 2.21. The van der Waals surface area contributed by atoms with Crippen molar-refractivity contribution in [2.45, 2.75) is 0 Å². The third-order valence-electron chi connectivity index (χ3n) is 2.76. The van der Waals surface area contributed by atoms with Gasteiger partial charge in [0.15, 0.2) is 0 Å². The van der Waals surface area contributed by atoms with Crippen LogP contribution in [-0.4, -0.2) is 30.7 Å². The number of pyridine rings is 1. The van der Waals surface area contributed by atoms with Crippen molar-refractivity contribution in [3.8, 4) is 11.8 Å². The Kier molecular flexibility index (Phi) is 3.15. The van der Waals surface area contributed by atoms with Crippen LogP contribution < -0.4 is 5.32 Å². The van der Waals surface area contributed by atoms with Crippen LogP contribution in [0.5, 0.6) is 5.75 Å². The monoisotopic (exact) mass is 279 g/mol. The standard InChI is InChI=1S/C13H9N7O/c14-5-9(13-17-19-20-18-13)6-15-10-2-1-8-3-11(21)7-16-12(8)4-10/h1-4,6-7,15,21H,(H,17,18,19,20). The van der Waals surface area contributed by atoms with Crippen molar-refractivity contribution in [3.63, 3.8) is 0 Å². The SMILES string of the molecule is N#CC(=CNc1ccc2cc(O)cnc2c1)c1nn[nH]n1. The molecule has 0 saturated heterocycles. The summed E-state index contributed by atoms with van der Waals surface area (Å²) in [5.41, 5.74) is 1.73. The number of anilines is 1. The van der Waals surface area contributed by atoms with E-state index < -0.39 is 0 Å². The van der Waals surface area contributed by atoms with Gasteiger partial charge in [0.05, 0.1) is 11.7 Å². The molecule has 1 aromatic carbocycles. The van der Waals surface area contributed by atoms with Crippen LogP contribution in [0.4, 0.5) is 5.69 Å². The molecular formula is C13H9N7O. The van der Waals surface area contributed by atoms with E-state index in [1.807, 2.05) is 18.2 Å². The molecule has 8 heteroatoms. The van der Waals surface area contributed by atoms with E-state index in [4.69, 9.17) is 5.26 Å². The number of fused-ring (bicyclic) bond motifs is 1. The van der Waals surface area contributed by atoms with E-state index in [1.54, 1.807) is 12.1 Å². The second-order valence-corrected chi connectivity index (χ2v) is 4.15. The van der Waals surface area contributed by atoms with E-state index in [2.05, 4.69) is 30.9 Å². The van der Waals surface area contributed by atoms with Crippen LogP contribution in [0.15, 0.2) is 36.7 Å². The highest BCUT2D eigenvalue weighted by atomic mass is 16.3. The fourth-order valence-electron chi connectivity index (χ4n) is 1.78. The number of nitriles is 1. The molecule has 2 heterocycles. The second-order valence-electron chi connectivity index (χ2n) is 4.15. The Morgan fingerprint density at radius 2 is 2.29 bits per heavy atom. The number of tetrazole rings is 1. The summed E-state index contributed by atoms with van der Waals surface area (Å²) in [4.78, 5) is 4.12. The quantitative estimate of drug-likeness (QED) is 0.619. The predicted molar refractivity (Wildman–Crippen MR) is 74.8 cm³/mol. The summed E-state index contributed by atoms with van der Waals surface area (Å²) in [6, 6.07) is 9.04. The van der Waals surface area contributed by atoms with Gasteiger partial charge in [0.25, 0.3) is 0 Å². The number of hydrogen-bond acceptors (Lipinski definition) is 7. The molecule has 0 spiro atoms. The number of aromatic nitrogens is 5. The van der Waals surface area contributed by atoms with Crippen molar-refractivity contribution >= 4 is 22.2 Å². The van der Waals surface area contributed by atoms with Crippen molar-refractivity contribution in [2.24, 2.45) is 0 Å². The van der Waals surface area contributed by atoms with E-state index in [9.17, 15) is 5.11 Å². The van der Waals surface area contributed by atoms with Crippen molar-refractivity contribution in [1.29, 1.82) is 5.26 Å². The number of aromatic amines is 1. The molecule has 3 rings (SSSR count). The minimum Gasteiger partial charge on any atom is -0.506 e. The van der Waals surface area contributed by atoms with Crippen LogP contribution in [0.25, 0.3) is 16.5 Å². The van der Waals surface area contributed by atoms with Crippen molar-refractivity contribution in [2.75, 3.05) is 5.32 Å². The molecule has 0 saturated carbocycles. The number of hydrogen-bond donors (Lipinski definition) is 3. The van der Waals surface area contributed by atoms with Gasteiger partial charge < -0.3 is 10.4 Å². The summed E-state index contributed by atoms with van der Waals surface area (Å²) in [6.07, 6.45) is 2.87. The summed E-state index contributed by atoms with van der Waals surface area (Å²) in [5, 5.41) is 35.4. The maximum atomic E-state index is 9.37.